The molecule has 7 nitrogen and oxygen atoms in total. The van der Waals surface area contributed by atoms with Gasteiger partial charge in [-0.05, 0) is 36.3 Å². The van der Waals surface area contributed by atoms with Gasteiger partial charge in [0.15, 0.2) is 5.16 Å². The van der Waals surface area contributed by atoms with Gasteiger partial charge in [-0.25, -0.2) is 0 Å². The van der Waals surface area contributed by atoms with Crippen LogP contribution >= 0.6 is 23.1 Å². The smallest absolute Gasteiger partial charge is 0.236 e. The zero-order chi connectivity index (χ0) is 20.4. The van der Waals surface area contributed by atoms with Crippen molar-refractivity contribution in [1.29, 1.82) is 0 Å². The van der Waals surface area contributed by atoms with E-state index in [4.69, 9.17) is 4.74 Å². The maximum Gasteiger partial charge on any atom is 0.236 e. The Kier molecular flexibility index (Phi) is 6.46. The molecule has 0 saturated carbocycles. The van der Waals surface area contributed by atoms with Crippen LogP contribution in [0.4, 0.5) is 5.95 Å². The second-order valence-electron chi connectivity index (χ2n) is 8.03. The van der Waals surface area contributed by atoms with Gasteiger partial charge in [-0.1, -0.05) is 25.6 Å². The van der Waals surface area contributed by atoms with Gasteiger partial charge in [0.1, 0.15) is 0 Å². The molecule has 1 amide bonds. The number of morpholine rings is 1. The molecule has 2 aliphatic rings. The molecule has 4 heterocycles. The average molecular weight is 436 g/mol. The number of fused-ring (bicyclic) bond motifs is 1. The van der Waals surface area contributed by atoms with E-state index in [1.807, 2.05) is 11.8 Å². The Morgan fingerprint density at radius 1 is 1.24 bits per heavy atom. The molecule has 29 heavy (non-hydrogen) atoms. The molecule has 2 aromatic heterocycles. The number of thioether (sulfide) groups is 1. The number of amides is 1. The van der Waals surface area contributed by atoms with Crippen LogP contribution in [0, 0.1) is 5.92 Å². The minimum Gasteiger partial charge on any atom is -0.378 e. The number of rotatable bonds is 6. The zero-order valence-corrected chi connectivity index (χ0v) is 19.0. The number of aromatic nitrogens is 3. The average Bonchev–Trinajstić information content (AvgIpc) is 3.34. The van der Waals surface area contributed by atoms with Crippen LogP contribution in [0.25, 0.3) is 0 Å². The number of hydrogen-bond donors (Lipinski definition) is 0. The normalized spacial score (nSPS) is 18.2. The van der Waals surface area contributed by atoms with Crippen molar-refractivity contribution in [3.05, 3.63) is 21.9 Å². The van der Waals surface area contributed by atoms with E-state index in [-0.39, 0.29) is 11.2 Å². The summed E-state index contributed by atoms with van der Waals surface area (Å²) in [4.78, 5) is 18.7. The maximum atomic E-state index is 13.1. The van der Waals surface area contributed by atoms with Gasteiger partial charge in [0.05, 0.1) is 18.5 Å². The quantitative estimate of drug-likeness (QED) is 0.650. The van der Waals surface area contributed by atoms with E-state index in [9.17, 15) is 4.79 Å². The first kappa shape index (κ1) is 20.7. The van der Waals surface area contributed by atoms with Crippen molar-refractivity contribution in [3.63, 3.8) is 0 Å². The third-order valence-electron chi connectivity index (χ3n) is 5.29. The molecule has 9 heteroatoms. The number of anilines is 1. The van der Waals surface area contributed by atoms with Crippen LogP contribution in [0.1, 0.15) is 31.2 Å². The van der Waals surface area contributed by atoms with Crippen molar-refractivity contribution >= 4 is 35.0 Å². The van der Waals surface area contributed by atoms with Gasteiger partial charge in [-0.2, -0.15) is 0 Å². The highest BCUT2D eigenvalue weighted by atomic mass is 32.2. The summed E-state index contributed by atoms with van der Waals surface area (Å²) in [6.45, 7) is 11.8. The van der Waals surface area contributed by atoms with Gasteiger partial charge >= 0.3 is 0 Å². The first-order chi connectivity index (χ1) is 14.0. The highest BCUT2D eigenvalue weighted by molar-refractivity contribution is 8.00. The van der Waals surface area contributed by atoms with E-state index in [1.165, 1.54) is 22.2 Å². The van der Waals surface area contributed by atoms with Crippen LogP contribution in [0.2, 0.25) is 0 Å². The van der Waals surface area contributed by atoms with Crippen molar-refractivity contribution in [2.24, 2.45) is 5.92 Å². The lowest BCUT2D eigenvalue weighted by Crippen LogP contribution is -2.40. The summed E-state index contributed by atoms with van der Waals surface area (Å²) in [5, 5.41) is 11.7. The Hall–Kier alpha value is -1.58. The lowest BCUT2D eigenvalue weighted by molar-refractivity contribution is -0.131. The monoisotopic (exact) mass is 435 g/mol. The number of nitrogens with zero attached hydrogens (tertiary/aromatic N) is 5. The van der Waals surface area contributed by atoms with Crippen LogP contribution in [0.15, 0.2) is 16.6 Å². The Morgan fingerprint density at radius 3 is 2.79 bits per heavy atom. The summed E-state index contributed by atoms with van der Waals surface area (Å²) < 4.78 is 7.66. The Balaban J connectivity index is 1.47. The fourth-order valence-electron chi connectivity index (χ4n) is 3.79. The molecule has 0 N–H and O–H groups in total. The van der Waals surface area contributed by atoms with E-state index in [2.05, 4.69) is 45.0 Å². The molecule has 0 spiro atoms. The lowest BCUT2D eigenvalue weighted by atomic mass is 10.1. The maximum absolute atomic E-state index is 13.1. The molecular weight excluding hydrogens is 406 g/mol. The molecule has 0 radical (unpaired) electrons. The number of thiophene rings is 1. The standard InChI is InChI=1S/C20H29N5O2S2/c1-14(2)12-25-19(23-7-9-27-10-8-23)21-22-20(25)29-15(3)18(26)24-6-4-17-16(13-24)5-11-28-17/h5,11,14-15H,4,6-10,12-13H2,1-3H3. The van der Waals surface area contributed by atoms with Crippen LogP contribution in [0.3, 0.4) is 0 Å². The largest absolute Gasteiger partial charge is 0.378 e. The summed E-state index contributed by atoms with van der Waals surface area (Å²) in [7, 11) is 0. The van der Waals surface area contributed by atoms with Crippen LogP contribution in [-0.4, -0.2) is 63.7 Å². The number of hydrogen-bond acceptors (Lipinski definition) is 7. The van der Waals surface area contributed by atoms with Crippen LogP contribution in [0.5, 0.6) is 0 Å². The molecule has 1 atom stereocenters. The summed E-state index contributed by atoms with van der Waals surface area (Å²) in [6.07, 6.45) is 0.959. The fourth-order valence-corrected chi connectivity index (χ4v) is 5.62. The number of ether oxygens (including phenoxy) is 1. The van der Waals surface area contributed by atoms with Crippen LogP contribution in [-0.2, 0) is 29.0 Å². The molecular formula is C20H29N5O2S2. The van der Waals surface area contributed by atoms with E-state index < -0.39 is 0 Å². The Bertz CT molecular complexity index is 844. The third-order valence-corrected chi connectivity index (χ3v) is 7.38. The van der Waals surface area contributed by atoms with Crippen molar-refractivity contribution in [1.82, 2.24) is 19.7 Å². The zero-order valence-electron chi connectivity index (χ0n) is 17.3. The minimum atomic E-state index is -0.192. The Labute approximate surface area is 180 Å². The van der Waals surface area contributed by atoms with Crippen molar-refractivity contribution < 1.29 is 9.53 Å². The van der Waals surface area contributed by atoms with Crippen molar-refractivity contribution in [2.45, 2.75) is 50.7 Å². The highest BCUT2D eigenvalue weighted by Gasteiger charge is 2.28. The summed E-state index contributed by atoms with van der Waals surface area (Å²) in [5.74, 6) is 1.54. The molecule has 0 aliphatic carbocycles. The predicted molar refractivity (Wildman–Crippen MR) is 117 cm³/mol. The van der Waals surface area contributed by atoms with Gasteiger partial charge in [0, 0.05) is 37.6 Å². The third kappa shape index (κ3) is 4.62. The Morgan fingerprint density at radius 2 is 2.03 bits per heavy atom. The SMILES string of the molecule is CC(C)Cn1c(SC(C)C(=O)N2CCc3sccc3C2)nnc1N1CCOCC1. The van der Waals surface area contributed by atoms with Gasteiger partial charge in [0.25, 0.3) is 0 Å². The summed E-state index contributed by atoms with van der Waals surface area (Å²) >= 11 is 3.32. The molecule has 1 fully saturated rings. The van der Waals surface area contributed by atoms with Gasteiger partial charge < -0.3 is 14.5 Å². The summed E-state index contributed by atoms with van der Waals surface area (Å²) in [5.41, 5.74) is 1.30. The van der Waals surface area contributed by atoms with Gasteiger partial charge in [0.2, 0.25) is 11.9 Å². The topological polar surface area (TPSA) is 63.5 Å². The molecule has 1 unspecified atom stereocenters. The molecule has 158 valence electrons. The molecule has 1 saturated heterocycles. The van der Waals surface area contributed by atoms with Crippen molar-refractivity contribution in [2.75, 3.05) is 37.7 Å². The van der Waals surface area contributed by atoms with E-state index in [1.54, 1.807) is 11.3 Å². The van der Waals surface area contributed by atoms with E-state index in [0.29, 0.717) is 19.1 Å². The first-order valence-electron chi connectivity index (χ1n) is 10.3. The number of carbonyl (C=O) groups is 1. The second-order valence-corrected chi connectivity index (χ2v) is 10.3. The molecule has 2 aliphatic heterocycles. The highest BCUT2D eigenvalue weighted by Crippen LogP contribution is 2.30. The molecule has 0 bridgehead atoms. The fraction of sp³-hybridized carbons (Fsp3) is 0.650. The van der Waals surface area contributed by atoms with E-state index in [0.717, 1.165) is 50.2 Å². The van der Waals surface area contributed by atoms with Gasteiger partial charge in [-0.3, -0.25) is 9.36 Å². The second kappa shape index (κ2) is 9.06. The summed E-state index contributed by atoms with van der Waals surface area (Å²) in [6, 6.07) is 2.14. The van der Waals surface area contributed by atoms with Gasteiger partial charge in [-0.15, -0.1) is 21.5 Å². The lowest BCUT2D eigenvalue weighted by Gasteiger charge is -2.30. The number of carbonyl (C=O) groups excluding carboxylic acids is 1. The minimum absolute atomic E-state index is 0.180. The molecule has 0 aromatic carbocycles. The first-order valence-corrected chi connectivity index (χ1v) is 12.1. The predicted octanol–water partition coefficient (Wildman–Crippen LogP) is 2.90. The van der Waals surface area contributed by atoms with Crippen LogP contribution < -0.4 is 4.90 Å². The van der Waals surface area contributed by atoms with E-state index >= 15 is 0 Å². The molecule has 4 rings (SSSR count). The van der Waals surface area contributed by atoms with Crippen molar-refractivity contribution in [3.8, 4) is 0 Å². The molecule has 2 aromatic rings.